The van der Waals surface area contributed by atoms with Gasteiger partial charge in [-0.15, -0.1) is 0 Å². The molecule has 2 N–H and O–H groups in total. The molecular formula is C20H21N3O2. The lowest BCUT2D eigenvalue weighted by Crippen LogP contribution is -2.33. The fourth-order valence-electron chi connectivity index (χ4n) is 3.41. The van der Waals surface area contributed by atoms with E-state index in [0.29, 0.717) is 13.0 Å². The minimum absolute atomic E-state index is 0.00979. The van der Waals surface area contributed by atoms with E-state index in [1.54, 1.807) is 7.11 Å². The largest absolute Gasteiger partial charge is 0.496 e. The Balaban J connectivity index is 1.44. The van der Waals surface area contributed by atoms with E-state index in [9.17, 15) is 4.79 Å². The summed E-state index contributed by atoms with van der Waals surface area (Å²) in [6.07, 6.45) is 2.45. The number of para-hydroxylation sites is 2. The maximum absolute atomic E-state index is 12.4. The number of amides is 1. The van der Waals surface area contributed by atoms with Gasteiger partial charge >= 0.3 is 0 Å². The molecule has 1 saturated carbocycles. The van der Waals surface area contributed by atoms with E-state index in [1.807, 2.05) is 42.5 Å². The predicted molar refractivity (Wildman–Crippen MR) is 96.7 cm³/mol. The van der Waals surface area contributed by atoms with Crippen molar-refractivity contribution in [3.8, 4) is 5.75 Å². The number of H-pyrrole nitrogens is 1. The summed E-state index contributed by atoms with van der Waals surface area (Å²) in [7, 11) is 1.69. The molecule has 2 aromatic carbocycles. The Bertz CT molecular complexity index is 912. The molecule has 25 heavy (non-hydrogen) atoms. The van der Waals surface area contributed by atoms with Crippen LogP contribution in [0.5, 0.6) is 5.75 Å². The molecule has 1 heterocycles. The van der Waals surface area contributed by atoms with Gasteiger partial charge in [-0.25, -0.2) is 0 Å². The number of carbonyl (C=O) groups is 1. The number of nitrogens with one attached hydrogen (secondary N) is 2. The summed E-state index contributed by atoms with van der Waals surface area (Å²) in [5.74, 6) is 0.907. The fraction of sp³-hybridized carbons (Fsp3) is 0.300. The molecule has 0 spiro atoms. The van der Waals surface area contributed by atoms with Crippen LogP contribution in [-0.2, 0) is 16.6 Å². The van der Waals surface area contributed by atoms with Gasteiger partial charge in [0, 0.05) is 22.9 Å². The Kier molecular flexibility index (Phi) is 3.92. The number of nitrogens with zero attached hydrogens (tertiary/aromatic N) is 1. The number of hydrogen-bond acceptors (Lipinski definition) is 3. The summed E-state index contributed by atoms with van der Waals surface area (Å²) in [6, 6.07) is 15.9. The highest BCUT2D eigenvalue weighted by atomic mass is 16.5. The first-order valence-electron chi connectivity index (χ1n) is 8.54. The van der Waals surface area contributed by atoms with Crippen LogP contribution in [0.4, 0.5) is 0 Å². The summed E-state index contributed by atoms with van der Waals surface area (Å²) in [4.78, 5) is 12.4. The molecule has 1 fully saturated rings. The molecule has 4 rings (SSSR count). The van der Waals surface area contributed by atoms with Gasteiger partial charge in [0.2, 0.25) is 5.91 Å². The van der Waals surface area contributed by atoms with E-state index in [1.165, 1.54) is 5.56 Å². The molecule has 0 bridgehead atoms. The number of fused-ring (bicyclic) bond motifs is 1. The Morgan fingerprint density at radius 1 is 1.20 bits per heavy atom. The first kappa shape index (κ1) is 15.7. The van der Waals surface area contributed by atoms with E-state index in [-0.39, 0.29) is 11.3 Å². The second-order valence-corrected chi connectivity index (χ2v) is 6.65. The molecule has 0 unspecified atom stereocenters. The summed E-state index contributed by atoms with van der Waals surface area (Å²) in [6.45, 7) is 0.637. The van der Waals surface area contributed by atoms with Gasteiger partial charge in [0.25, 0.3) is 0 Å². The Labute approximate surface area is 146 Å². The summed E-state index contributed by atoms with van der Waals surface area (Å²) < 4.78 is 5.49. The number of carbonyl (C=O) groups excluding carboxylic acids is 1. The molecule has 1 aliphatic rings. The van der Waals surface area contributed by atoms with E-state index in [4.69, 9.17) is 4.74 Å². The van der Waals surface area contributed by atoms with E-state index < -0.39 is 0 Å². The van der Waals surface area contributed by atoms with E-state index in [2.05, 4.69) is 21.6 Å². The molecule has 1 aromatic heterocycles. The van der Waals surface area contributed by atoms with Gasteiger partial charge in [0.1, 0.15) is 5.75 Å². The molecule has 0 aliphatic heterocycles. The Morgan fingerprint density at radius 3 is 2.76 bits per heavy atom. The summed E-state index contributed by atoms with van der Waals surface area (Å²) >= 11 is 0. The smallest absolute Gasteiger partial charge is 0.226 e. The molecule has 5 heteroatoms. The lowest BCUT2D eigenvalue weighted by molar-refractivity contribution is -0.120. The molecule has 1 amide bonds. The minimum Gasteiger partial charge on any atom is -0.496 e. The second kappa shape index (κ2) is 6.24. The highest BCUT2D eigenvalue weighted by Gasteiger charge is 2.46. The van der Waals surface area contributed by atoms with Crippen molar-refractivity contribution in [2.75, 3.05) is 13.7 Å². The molecule has 1 aliphatic carbocycles. The highest BCUT2D eigenvalue weighted by molar-refractivity contribution is 5.87. The van der Waals surface area contributed by atoms with Crippen molar-refractivity contribution < 1.29 is 9.53 Å². The van der Waals surface area contributed by atoms with Crippen LogP contribution in [0.15, 0.2) is 48.5 Å². The lowest BCUT2D eigenvalue weighted by atomic mass is 9.95. The minimum atomic E-state index is 0.00979. The van der Waals surface area contributed by atoms with Gasteiger partial charge in [0.15, 0.2) is 0 Å². The molecule has 0 saturated heterocycles. The van der Waals surface area contributed by atoms with Crippen LogP contribution in [0.2, 0.25) is 0 Å². The number of methoxy groups -OCH3 is 1. The van der Waals surface area contributed by atoms with Gasteiger partial charge in [0.05, 0.1) is 24.7 Å². The number of aromatic nitrogens is 2. The van der Waals surface area contributed by atoms with Gasteiger partial charge < -0.3 is 10.1 Å². The van der Waals surface area contributed by atoms with Crippen molar-refractivity contribution in [2.24, 2.45) is 0 Å². The number of rotatable bonds is 6. The van der Waals surface area contributed by atoms with Crippen LogP contribution >= 0.6 is 0 Å². The predicted octanol–water partition coefficient (Wildman–Crippen LogP) is 2.96. The first-order valence-corrected chi connectivity index (χ1v) is 8.54. The average molecular weight is 335 g/mol. The van der Waals surface area contributed by atoms with Crippen molar-refractivity contribution in [3.05, 3.63) is 59.8 Å². The quantitative estimate of drug-likeness (QED) is 0.728. The van der Waals surface area contributed by atoms with E-state index in [0.717, 1.165) is 35.2 Å². The van der Waals surface area contributed by atoms with Crippen molar-refractivity contribution in [1.82, 2.24) is 15.5 Å². The SMILES string of the molecule is COc1ccccc1C1(CNC(=O)Cc2[nH]nc3ccccc23)CC1. The molecule has 5 nitrogen and oxygen atoms in total. The van der Waals surface area contributed by atoms with Crippen LogP contribution in [0, 0.1) is 0 Å². The van der Waals surface area contributed by atoms with Crippen molar-refractivity contribution in [3.63, 3.8) is 0 Å². The number of aromatic amines is 1. The van der Waals surface area contributed by atoms with Gasteiger partial charge in [-0.05, 0) is 25.0 Å². The molecule has 0 atom stereocenters. The maximum atomic E-state index is 12.4. The topological polar surface area (TPSA) is 67.0 Å². The van der Waals surface area contributed by atoms with Crippen LogP contribution < -0.4 is 10.1 Å². The zero-order valence-electron chi connectivity index (χ0n) is 14.2. The average Bonchev–Trinajstić information content (AvgIpc) is 3.35. The summed E-state index contributed by atoms with van der Waals surface area (Å²) in [5.41, 5.74) is 2.94. The zero-order chi connectivity index (χ0) is 17.3. The molecule has 3 aromatic rings. The third-order valence-electron chi connectivity index (χ3n) is 5.03. The van der Waals surface area contributed by atoms with Crippen LogP contribution in [0.25, 0.3) is 10.9 Å². The van der Waals surface area contributed by atoms with Crippen molar-refractivity contribution in [1.29, 1.82) is 0 Å². The Morgan fingerprint density at radius 2 is 1.96 bits per heavy atom. The van der Waals surface area contributed by atoms with Crippen LogP contribution in [-0.4, -0.2) is 29.8 Å². The summed E-state index contributed by atoms with van der Waals surface area (Å²) in [5, 5.41) is 11.3. The van der Waals surface area contributed by atoms with Crippen molar-refractivity contribution in [2.45, 2.75) is 24.7 Å². The van der Waals surface area contributed by atoms with Gasteiger partial charge in [-0.1, -0.05) is 36.4 Å². The standard InChI is InChI=1S/C20H21N3O2/c1-25-18-9-5-3-7-15(18)20(10-11-20)13-21-19(24)12-17-14-6-2-4-8-16(14)22-23-17/h2-9H,10-13H2,1H3,(H,21,24)(H,22,23). The normalized spacial score (nSPS) is 15.1. The Hall–Kier alpha value is -2.82. The molecule has 128 valence electrons. The highest BCUT2D eigenvalue weighted by Crippen LogP contribution is 2.50. The van der Waals surface area contributed by atoms with Crippen LogP contribution in [0.1, 0.15) is 24.1 Å². The van der Waals surface area contributed by atoms with Gasteiger partial charge in [-0.2, -0.15) is 5.10 Å². The second-order valence-electron chi connectivity index (χ2n) is 6.65. The number of hydrogen-bond donors (Lipinski definition) is 2. The third kappa shape index (κ3) is 2.97. The third-order valence-corrected chi connectivity index (χ3v) is 5.03. The monoisotopic (exact) mass is 335 g/mol. The maximum Gasteiger partial charge on any atom is 0.226 e. The van der Waals surface area contributed by atoms with E-state index >= 15 is 0 Å². The lowest BCUT2D eigenvalue weighted by Gasteiger charge is -2.19. The number of ether oxygens (including phenoxy) is 1. The van der Waals surface area contributed by atoms with Crippen molar-refractivity contribution >= 4 is 16.8 Å². The number of benzene rings is 2. The van der Waals surface area contributed by atoms with Gasteiger partial charge in [-0.3, -0.25) is 9.89 Å². The first-order chi connectivity index (χ1) is 12.2. The molecular weight excluding hydrogens is 314 g/mol. The zero-order valence-corrected chi connectivity index (χ0v) is 14.2. The van der Waals surface area contributed by atoms with Crippen LogP contribution in [0.3, 0.4) is 0 Å². The molecule has 0 radical (unpaired) electrons. The fourth-order valence-corrected chi connectivity index (χ4v) is 3.41.